The topological polar surface area (TPSA) is 75.9 Å². The summed E-state index contributed by atoms with van der Waals surface area (Å²) >= 11 is 0. The molecule has 0 spiro atoms. The number of hydrogen-bond acceptors (Lipinski definition) is 5. The number of hydrogen-bond donors (Lipinski definition) is 3. The highest BCUT2D eigenvalue weighted by Gasteiger charge is 2.20. The molecule has 16 heavy (non-hydrogen) atoms. The third kappa shape index (κ3) is 2.61. The van der Waals surface area contributed by atoms with E-state index in [1.165, 1.54) is 19.3 Å². The second-order valence-electron chi connectivity index (χ2n) is 4.40. The van der Waals surface area contributed by atoms with Crippen molar-refractivity contribution in [2.75, 3.05) is 17.3 Å². The summed E-state index contributed by atoms with van der Waals surface area (Å²) < 4.78 is 0. The number of nitrogen functional groups attached to an aromatic ring is 1. The van der Waals surface area contributed by atoms with Crippen LogP contribution in [0, 0.1) is 19.8 Å². The summed E-state index contributed by atoms with van der Waals surface area (Å²) in [6, 6.07) is 0. The van der Waals surface area contributed by atoms with Gasteiger partial charge >= 0.3 is 0 Å². The number of anilines is 2. The van der Waals surface area contributed by atoms with Crippen molar-refractivity contribution in [1.29, 1.82) is 0 Å². The van der Waals surface area contributed by atoms with Crippen LogP contribution in [-0.4, -0.2) is 16.5 Å². The van der Waals surface area contributed by atoms with Crippen molar-refractivity contribution in [3.63, 3.8) is 0 Å². The van der Waals surface area contributed by atoms with Crippen LogP contribution in [0.5, 0.6) is 0 Å². The fraction of sp³-hybridized carbons (Fsp3) is 0.636. The van der Waals surface area contributed by atoms with Crippen molar-refractivity contribution < 1.29 is 0 Å². The lowest BCUT2D eigenvalue weighted by atomic mass is 10.2. The van der Waals surface area contributed by atoms with E-state index in [1.54, 1.807) is 0 Å². The first-order valence-electron chi connectivity index (χ1n) is 5.76. The van der Waals surface area contributed by atoms with Crippen LogP contribution in [0.15, 0.2) is 0 Å². The van der Waals surface area contributed by atoms with Crippen LogP contribution in [0.1, 0.15) is 30.7 Å². The molecular formula is C11H19N5. The zero-order valence-corrected chi connectivity index (χ0v) is 9.88. The van der Waals surface area contributed by atoms with Gasteiger partial charge in [0.2, 0.25) is 0 Å². The molecule has 0 aliphatic heterocycles. The normalized spacial score (nSPS) is 14.9. The number of nitrogens with one attached hydrogen (secondary N) is 2. The molecule has 1 aromatic heterocycles. The summed E-state index contributed by atoms with van der Waals surface area (Å²) in [5, 5.41) is 3.35. The molecular weight excluding hydrogens is 202 g/mol. The Bertz CT molecular complexity index is 373. The molecule has 1 aliphatic rings. The molecule has 1 heterocycles. The molecule has 0 aromatic carbocycles. The van der Waals surface area contributed by atoms with Gasteiger partial charge in [-0.15, -0.1) is 0 Å². The number of nitrogens with two attached hydrogens (primary N) is 1. The Kier molecular flexibility index (Phi) is 3.24. The molecule has 5 heteroatoms. The van der Waals surface area contributed by atoms with Crippen LogP contribution in [0.2, 0.25) is 0 Å². The van der Waals surface area contributed by atoms with Gasteiger partial charge in [0, 0.05) is 12.1 Å². The van der Waals surface area contributed by atoms with Crippen LogP contribution in [-0.2, 0) is 0 Å². The Hall–Kier alpha value is -1.36. The van der Waals surface area contributed by atoms with Crippen LogP contribution in [0.4, 0.5) is 11.6 Å². The van der Waals surface area contributed by atoms with E-state index < -0.39 is 0 Å². The molecule has 1 aliphatic carbocycles. The van der Waals surface area contributed by atoms with Gasteiger partial charge in [-0.2, -0.15) is 0 Å². The lowest BCUT2D eigenvalue weighted by molar-refractivity contribution is 0.757. The Morgan fingerprint density at radius 2 is 1.94 bits per heavy atom. The summed E-state index contributed by atoms with van der Waals surface area (Å²) in [5.74, 6) is 8.66. The average molecular weight is 221 g/mol. The minimum absolute atomic E-state index is 0.696. The van der Waals surface area contributed by atoms with Gasteiger partial charge in [-0.25, -0.2) is 15.8 Å². The number of nitrogens with zero attached hydrogens (tertiary/aromatic N) is 2. The standard InChI is InChI=1S/C11H19N5/c1-7-10(13-6-5-9-3-4-9)14-8(2)15-11(7)16-12/h9H,3-6,12H2,1-2H3,(H2,13,14,15,16). The maximum Gasteiger partial charge on any atom is 0.148 e. The Morgan fingerprint density at radius 3 is 2.56 bits per heavy atom. The van der Waals surface area contributed by atoms with Gasteiger partial charge in [0.05, 0.1) is 0 Å². The van der Waals surface area contributed by atoms with Gasteiger partial charge in [0.1, 0.15) is 17.5 Å². The zero-order valence-electron chi connectivity index (χ0n) is 9.88. The van der Waals surface area contributed by atoms with Crippen molar-refractivity contribution in [2.45, 2.75) is 33.1 Å². The van der Waals surface area contributed by atoms with Gasteiger partial charge in [-0.3, -0.25) is 0 Å². The van der Waals surface area contributed by atoms with Crippen molar-refractivity contribution in [1.82, 2.24) is 9.97 Å². The SMILES string of the molecule is Cc1nc(NN)c(C)c(NCCC2CC2)n1. The van der Waals surface area contributed by atoms with Gasteiger partial charge in [0.25, 0.3) is 0 Å². The summed E-state index contributed by atoms with van der Waals surface area (Å²) in [7, 11) is 0. The van der Waals surface area contributed by atoms with E-state index >= 15 is 0 Å². The molecule has 0 radical (unpaired) electrons. The maximum atomic E-state index is 5.41. The number of hydrazine groups is 1. The maximum absolute atomic E-state index is 5.41. The van der Waals surface area contributed by atoms with Gasteiger partial charge < -0.3 is 10.7 Å². The van der Waals surface area contributed by atoms with Crippen molar-refractivity contribution in [2.24, 2.45) is 11.8 Å². The third-order valence-electron chi connectivity index (χ3n) is 2.94. The molecule has 1 aromatic rings. The van der Waals surface area contributed by atoms with E-state index in [2.05, 4.69) is 20.7 Å². The van der Waals surface area contributed by atoms with E-state index in [0.717, 1.165) is 29.7 Å². The van der Waals surface area contributed by atoms with Gasteiger partial charge in [0.15, 0.2) is 0 Å². The molecule has 0 amide bonds. The number of rotatable bonds is 5. The summed E-state index contributed by atoms with van der Waals surface area (Å²) in [6.45, 7) is 4.81. The molecule has 1 fully saturated rings. The molecule has 0 atom stereocenters. The van der Waals surface area contributed by atoms with E-state index in [9.17, 15) is 0 Å². The molecule has 4 N–H and O–H groups in total. The van der Waals surface area contributed by atoms with Crippen LogP contribution in [0.25, 0.3) is 0 Å². The summed E-state index contributed by atoms with van der Waals surface area (Å²) in [5.41, 5.74) is 3.57. The molecule has 0 saturated heterocycles. The minimum Gasteiger partial charge on any atom is -0.370 e. The van der Waals surface area contributed by atoms with E-state index in [1.807, 2.05) is 13.8 Å². The fourth-order valence-corrected chi connectivity index (χ4v) is 1.74. The highest BCUT2D eigenvalue weighted by atomic mass is 15.3. The first kappa shape index (κ1) is 11.1. The smallest absolute Gasteiger partial charge is 0.148 e. The monoisotopic (exact) mass is 221 g/mol. The number of aromatic nitrogens is 2. The second-order valence-corrected chi connectivity index (χ2v) is 4.40. The zero-order chi connectivity index (χ0) is 11.5. The molecule has 2 rings (SSSR count). The molecule has 0 bridgehead atoms. The van der Waals surface area contributed by atoms with Crippen LogP contribution in [0.3, 0.4) is 0 Å². The fourth-order valence-electron chi connectivity index (χ4n) is 1.74. The Labute approximate surface area is 95.8 Å². The summed E-state index contributed by atoms with van der Waals surface area (Å²) in [4.78, 5) is 8.60. The van der Waals surface area contributed by atoms with Crippen molar-refractivity contribution >= 4 is 11.6 Å². The number of aryl methyl sites for hydroxylation is 1. The average Bonchev–Trinajstić information content (AvgIpc) is 3.06. The predicted octanol–water partition coefficient (Wildman–Crippen LogP) is 1.59. The largest absolute Gasteiger partial charge is 0.370 e. The van der Waals surface area contributed by atoms with E-state index in [-0.39, 0.29) is 0 Å². The highest BCUT2D eigenvalue weighted by molar-refractivity contribution is 5.56. The van der Waals surface area contributed by atoms with Crippen LogP contribution >= 0.6 is 0 Å². The van der Waals surface area contributed by atoms with E-state index in [0.29, 0.717) is 5.82 Å². The lowest BCUT2D eigenvalue weighted by Gasteiger charge is -2.12. The summed E-state index contributed by atoms with van der Waals surface area (Å²) in [6.07, 6.45) is 4.01. The van der Waals surface area contributed by atoms with E-state index in [4.69, 9.17) is 5.84 Å². The van der Waals surface area contributed by atoms with Crippen LogP contribution < -0.4 is 16.6 Å². The predicted molar refractivity (Wildman–Crippen MR) is 65.1 cm³/mol. The van der Waals surface area contributed by atoms with Crippen molar-refractivity contribution in [3.05, 3.63) is 11.4 Å². The third-order valence-corrected chi connectivity index (χ3v) is 2.94. The molecule has 88 valence electrons. The Morgan fingerprint density at radius 1 is 1.25 bits per heavy atom. The van der Waals surface area contributed by atoms with Gasteiger partial charge in [-0.1, -0.05) is 12.8 Å². The first-order chi connectivity index (χ1) is 7.70. The minimum atomic E-state index is 0.696. The highest BCUT2D eigenvalue weighted by Crippen LogP contribution is 2.32. The van der Waals surface area contributed by atoms with Gasteiger partial charge in [-0.05, 0) is 26.2 Å². The molecule has 1 saturated carbocycles. The molecule has 0 unspecified atom stereocenters. The second kappa shape index (κ2) is 4.65. The quantitative estimate of drug-likeness (QED) is 0.520. The molecule has 5 nitrogen and oxygen atoms in total. The lowest BCUT2D eigenvalue weighted by Crippen LogP contribution is -2.14. The van der Waals surface area contributed by atoms with Crippen molar-refractivity contribution in [3.8, 4) is 0 Å². The Balaban J connectivity index is 2.02. The first-order valence-corrected chi connectivity index (χ1v) is 5.76.